The molecule has 2 aliphatic heterocycles. The molecule has 3 heterocycles. The number of cyclic esters (lactones) is 1. The van der Waals surface area contributed by atoms with Crippen molar-refractivity contribution >= 4 is 52.4 Å². The van der Waals surface area contributed by atoms with Crippen molar-refractivity contribution < 1.29 is 28.2 Å². The number of ether oxygens (including phenoxy) is 2. The van der Waals surface area contributed by atoms with Gasteiger partial charge in [0.25, 0.3) is 0 Å². The number of aryl methyl sites for hydroxylation is 1. The Morgan fingerprint density at radius 2 is 2.09 bits per heavy atom. The van der Waals surface area contributed by atoms with Crippen molar-refractivity contribution in [2.45, 2.75) is 32.3 Å². The molecule has 170 valence electrons. The number of nitrogens with one attached hydrogen (secondary N) is 1. The van der Waals surface area contributed by atoms with E-state index >= 15 is 0 Å². The fraction of sp³-hybridized carbons (Fsp3) is 0.381. The van der Waals surface area contributed by atoms with Gasteiger partial charge in [-0.05, 0) is 43.5 Å². The summed E-state index contributed by atoms with van der Waals surface area (Å²) in [6.07, 6.45) is 0.0380. The Morgan fingerprint density at radius 1 is 1.28 bits per heavy atom. The minimum absolute atomic E-state index is 0.00114. The molecule has 1 aromatic heterocycles. The third-order valence-corrected chi connectivity index (χ3v) is 6.37. The van der Waals surface area contributed by atoms with E-state index in [1.165, 1.54) is 11.0 Å². The highest BCUT2D eigenvalue weighted by Crippen LogP contribution is 2.33. The number of piperidine rings is 1. The topological polar surface area (TPSA) is 88.2 Å². The van der Waals surface area contributed by atoms with Gasteiger partial charge in [0, 0.05) is 24.7 Å². The van der Waals surface area contributed by atoms with Crippen LogP contribution in [0.5, 0.6) is 5.06 Å². The van der Waals surface area contributed by atoms with E-state index < -0.39 is 24.1 Å². The van der Waals surface area contributed by atoms with Crippen LogP contribution in [0.1, 0.15) is 24.8 Å². The summed E-state index contributed by atoms with van der Waals surface area (Å²) in [6.45, 7) is 2.38. The minimum atomic E-state index is -0.713. The predicted molar refractivity (Wildman–Crippen MR) is 118 cm³/mol. The summed E-state index contributed by atoms with van der Waals surface area (Å²) in [4.78, 5) is 39.2. The molecule has 2 aliphatic rings. The largest absolute Gasteiger partial charge is 0.442 e. The Bertz CT molecular complexity index is 1060. The SMILES string of the molecule is Cc1cc(N2C[C@H](CNC(=O)Oc3ccc(Cl)s3)OC2=O)c(F)cc1N1CCCCC1=O. The summed E-state index contributed by atoms with van der Waals surface area (Å²) in [5, 5.41) is 2.85. The van der Waals surface area contributed by atoms with E-state index in [0.29, 0.717) is 33.6 Å². The Hall–Kier alpha value is -2.85. The van der Waals surface area contributed by atoms with Gasteiger partial charge in [0.2, 0.25) is 5.91 Å². The number of amides is 3. The predicted octanol–water partition coefficient (Wildman–Crippen LogP) is 4.48. The van der Waals surface area contributed by atoms with E-state index in [4.69, 9.17) is 21.1 Å². The minimum Gasteiger partial charge on any atom is -0.442 e. The van der Waals surface area contributed by atoms with Crippen molar-refractivity contribution in [1.82, 2.24) is 5.32 Å². The summed E-state index contributed by atoms with van der Waals surface area (Å²) >= 11 is 6.90. The summed E-state index contributed by atoms with van der Waals surface area (Å²) in [5.41, 5.74) is 1.27. The zero-order chi connectivity index (χ0) is 22.8. The van der Waals surface area contributed by atoms with Crippen LogP contribution >= 0.6 is 22.9 Å². The van der Waals surface area contributed by atoms with Gasteiger partial charge in [-0.3, -0.25) is 9.69 Å². The average Bonchev–Trinajstić information content (AvgIpc) is 3.33. The molecule has 1 aromatic carbocycles. The van der Waals surface area contributed by atoms with Gasteiger partial charge in [0.1, 0.15) is 11.9 Å². The smallest absolute Gasteiger partial charge is 0.414 e. The molecule has 0 saturated carbocycles. The third-order valence-electron chi connectivity index (χ3n) is 5.26. The van der Waals surface area contributed by atoms with Gasteiger partial charge in [-0.2, -0.15) is 0 Å². The summed E-state index contributed by atoms with van der Waals surface area (Å²) in [6, 6.07) is 6.00. The molecule has 4 rings (SSSR count). The monoisotopic (exact) mass is 481 g/mol. The Balaban J connectivity index is 1.39. The van der Waals surface area contributed by atoms with Gasteiger partial charge in [-0.25, -0.2) is 14.0 Å². The second kappa shape index (κ2) is 9.33. The number of nitrogens with zero attached hydrogens (tertiary/aromatic N) is 2. The lowest BCUT2D eigenvalue weighted by atomic mass is 10.1. The molecular formula is C21H21ClFN3O5S. The van der Waals surface area contributed by atoms with Crippen LogP contribution in [0.3, 0.4) is 0 Å². The number of halogens is 2. The van der Waals surface area contributed by atoms with Crippen molar-refractivity contribution in [3.05, 3.63) is 40.0 Å². The highest BCUT2D eigenvalue weighted by Gasteiger charge is 2.35. The van der Waals surface area contributed by atoms with Crippen LogP contribution in [-0.2, 0) is 9.53 Å². The van der Waals surface area contributed by atoms with Crippen LogP contribution in [-0.4, -0.2) is 43.8 Å². The highest BCUT2D eigenvalue weighted by molar-refractivity contribution is 7.17. The molecule has 1 N–H and O–H groups in total. The first kappa shape index (κ1) is 22.3. The molecule has 0 bridgehead atoms. The lowest BCUT2D eigenvalue weighted by molar-refractivity contribution is -0.119. The van der Waals surface area contributed by atoms with E-state index in [1.807, 2.05) is 0 Å². The van der Waals surface area contributed by atoms with Gasteiger partial charge < -0.3 is 19.7 Å². The van der Waals surface area contributed by atoms with E-state index in [1.54, 1.807) is 30.0 Å². The zero-order valence-corrected chi connectivity index (χ0v) is 18.8. The number of carbonyl (C=O) groups is 3. The number of hydrogen-bond donors (Lipinski definition) is 1. The number of carbonyl (C=O) groups excluding carboxylic acids is 3. The summed E-state index contributed by atoms with van der Waals surface area (Å²) < 4.78 is 25.8. The van der Waals surface area contributed by atoms with Crippen molar-refractivity contribution in [2.24, 2.45) is 0 Å². The standard InChI is InChI=1S/C21H21ClFN3O5S/c1-12-8-16(14(23)9-15(12)25-7-3-2-4-18(25)27)26-11-13(30-21(26)29)10-24-20(28)31-19-6-5-17(22)32-19/h5-6,8-9,13H,2-4,7,10-11H2,1H3,(H,24,28)/t13-/m0/s1. The van der Waals surface area contributed by atoms with E-state index in [0.717, 1.165) is 24.2 Å². The number of benzene rings is 1. The van der Waals surface area contributed by atoms with Gasteiger partial charge >= 0.3 is 12.2 Å². The van der Waals surface area contributed by atoms with Crippen molar-refractivity contribution in [3.63, 3.8) is 0 Å². The molecule has 11 heteroatoms. The van der Waals surface area contributed by atoms with Crippen LogP contribution in [0.4, 0.5) is 25.4 Å². The normalized spacial score (nSPS) is 18.7. The molecule has 2 saturated heterocycles. The van der Waals surface area contributed by atoms with E-state index in [9.17, 15) is 18.8 Å². The van der Waals surface area contributed by atoms with Crippen LogP contribution < -0.4 is 19.9 Å². The molecule has 0 spiro atoms. The van der Waals surface area contributed by atoms with Gasteiger partial charge in [0.05, 0.1) is 23.1 Å². The van der Waals surface area contributed by atoms with Crippen LogP contribution in [0, 0.1) is 12.7 Å². The van der Waals surface area contributed by atoms with Gasteiger partial charge in [-0.1, -0.05) is 22.9 Å². The Kier molecular flexibility index (Phi) is 6.52. The van der Waals surface area contributed by atoms with Gasteiger partial charge in [-0.15, -0.1) is 0 Å². The van der Waals surface area contributed by atoms with E-state index in [2.05, 4.69) is 5.32 Å². The fourth-order valence-corrected chi connectivity index (χ4v) is 4.59. The molecular weight excluding hydrogens is 461 g/mol. The van der Waals surface area contributed by atoms with Crippen LogP contribution in [0.2, 0.25) is 4.34 Å². The maximum Gasteiger partial charge on any atom is 0.414 e. The number of rotatable bonds is 5. The van der Waals surface area contributed by atoms with Gasteiger partial charge in [0.15, 0.2) is 5.06 Å². The summed E-state index contributed by atoms with van der Waals surface area (Å²) in [7, 11) is 0. The first-order valence-electron chi connectivity index (χ1n) is 10.1. The molecule has 8 nitrogen and oxygen atoms in total. The molecule has 32 heavy (non-hydrogen) atoms. The second-order valence-corrected chi connectivity index (χ2v) is 9.22. The zero-order valence-electron chi connectivity index (χ0n) is 17.2. The number of anilines is 2. The quantitative estimate of drug-likeness (QED) is 0.680. The first-order valence-corrected chi connectivity index (χ1v) is 11.3. The third kappa shape index (κ3) is 4.81. The second-order valence-electron chi connectivity index (χ2n) is 7.54. The molecule has 3 amide bonds. The van der Waals surface area contributed by atoms with Crippen molar-refractivity contribution in [2.75, 3.05) is 29.4 Å². The highest BCUT2D eigenvalue weighted by atomic mass is 35.5. The fourth-order valence-electron chi connectivity index (χ4n) is 3.72. The first-order chi connectivity index (χ1) is 15.3. The molecule has 2 aromatic rings. The van der Waals surface area contributed by atoms with Crippen LogP contribution in [0.15, 0.2) is 24.3 Å². The molecule has 0 unspecified atom stereocenters. The maximum absolute atomic E-state index is 14.9. The van der Waals surface area contributed by atoms with Crippen LogP contribution in [0.25, 0.3) is 0 Å². The number of thiophene rings is 1. The lowest BCUT2D eigenvalue weighted by Gasteiger charge is -2.29. The molecule has 0 aliphatic carbocycles. The summed E-state index contributed by atoms with van der Waals surface area (Å²) in [5.74, 6) is -0.654. The maximum atomic E-state index is 14.9. The number of hydrogen-bond acceptors (Lipinski definition) is 6. The Labute approximate surface area is 192 Å². The van der Waals surface area contributed by atoms with E-state index in [-0.39, 0.29) is 24.7 Å². The lowest BCUT2D eigenvalue weighted by Crippen LogP contribution is -2.36. The molecule has 1 atom stereocenters. The average molecular weight is 482 g/mol. The van der Waals surface area contributed by atoms with Crippen molar-refractivity contribution in [1.29, 1.82) is 0 Å². The Morgan fingerprint density at radius 3 is 2.81 bits per heavy atom. The van der Waals surface area contributed by atoms with Crippen molar-refractivity contribution in [3.8, 4) is 5.06 Å². The molecule has 2 fully saturated rings. The molecule has 0 radical (unpaired) electrons.